The van der Waals surface area contributed by atoms with Crippen LogP contribution in [0.15, 0.2) is 12.1 Å². The third-order valence-electron chi connectivity index (χ3n) is 6.72. The van der Waals surface area contributed by atoms with Gasteiger partial charge in [0.1, 0.15) is 0 Å². The van der Waals surface area contributed by atoms with E-state index >= 15 is 0 Å². The average Bonchev–Trinajstić information content (AvgIpc) is 3.13. The predicted octanol–water partition coefficient (Wildman–Crippen LogP) is 4.16. The molecule has 4 nitrogen and oxygen atoms in total. The molecule has 2 bridgehead atoms. The number of ether oxygens (including phenoxy) is 1. The van der Waals surface area contributed by atoms with E-state index in [1.165, 1.54) is 48.8 Å². The Morgan fingerprint density at radius 3 is 2.48 bits per heavy atom. The van der Waals surface area contributed by atoms with Crippen molar-refractivity contribution in [2.24, 2.45) is 5.92 Å². The summed E-state index contributed by atoms with van der Waals surface area (Å²) in [5.41, 5.74) is 4.90. The summed E-state index contributed by atoms with van der Waals surface area (Å²) >= 11 is 0. The molecular weight excluding hydrogens is 314 g/mol. The molecule has 2 fully saturated rings. The number of benzene rings is 1. The molecular formula is C21H27NO3. The van der Waals surface area contributed by atoms with Crippen LogP contribution in [0, 0.1) is 5.92 Å². The summed E-state index contributed by atoms with van der Waals surface area (Å²) in [7, 11) is 2.19. The first-order valence-corrected chi connectivity index (χ1v) is 9.58. The van der Waals surface area contributed by atoms with Gasteiger partial charge in [0.05, 0.1) is 0 Å². The van der Waals surface area contributed by atoms with E-state index in [0.717, 1.165) is 17.9 Å². The van der Waals surface area contributed by atoms with Crippen LogP contribution < -0.4 is 0 Å². The van der Waals surface area contributed by atoms with Gasteiger partial charge in [0.2, 0.25) is 5.78 Å². The molecule has 1 aromatic rings. The van der Waals surface area contributed by atoms with Crippen molar-refractivity contribution in [3.8, 4) is 0 Å². The molecule has 0 amide bonds. The van der Waals surface area contributed by atoms with Gasteiger partial charge in [-0.25, -0.2) is 0 Å². The number of carbonyl (C=O) groups is 2. The van der Waals surface area contributed by atoms with Gasteiger partial charge in [-0.1, -0.05) is 31.9 Å². The third kappa shape index (κ3) is 2.71. The maximum Gasteiger partial charge on any atom is 0.293 e. The first kappa shape index (κ1) is 16.8. The molecule has 134 valence electrons. The second-order valence-corrected chi connectivity index (χ2v) is 8.09. The maximum atomic E-state index is 12.6. The molecule has 0 aromatic heterocycles. The van der Waals surface area contributed by atoms with Gasteiger partial charge in [0.25, 0.3) is 6.47 Å². The van der Waals surface area contributed by atoms with Crippen LogP contribution in [0.2, 0.25) is 0 Å². The quantitative estimate of drug-likeness (QED) is 0.596. The highest BCUT2D eigenvalue weighted by atomic mass is 16.5. The zero-order valence-electron chi connectivity index (χ0n) is 15.2. The summed E-state index contributed by atoms with van der Waals surface area (Å²) in [6.07, 6.45) is 7.43. The highest BCUT2D eigenvalue weighted by molar-refractivity contribution is 5.99. The Balaban J connectivity index is 1.74. The molecule has 1 aliphatic carbocycles. The van der Waals surface area contributed by atoms with Gasteiger partial charge in [-0.15, -0.1) is 0 Å². The molecule has 1 aromatic carbocycles. The minimum absolute atomic E-state index is 0.0758. The first-order valence-electron chi connectivity index (χ1n) is 9.58. The molecule has 0 radical (unpaired) electrons. The Hall–Kier alpha value is -1.68. The summed E-state index contributed by atoms with van der Waals surface area (Å²) in [6, 6.07) is 4.99. The molecule has 1 saturated carbocycles. The Morgan fingerprint density at radius 2 is 1.80 bits per heavy atom. The van der Waals surface area contributed by atoms with Gasteiger partial charge < -0.3 is 4.74 Å². The smallest absolute Gasteiger partial charge is 0.293 e. The number of Topliss-reactive ketones (excluding diaryl/α,β-unsaturated/α-hetero) is 1. The van der Waals surface area contributed by atoms with Crippen LogP contribution in [-0.4, -0.2) is 30.8 Å². The lowest BCUT2D eigenvalue weighted by atomic mass is 9.74. The molecule has 2 unspecified atom stereocenters. The van der Waals surface area contributed by atoms with Crippen LogP contribution in [0.4, 0.5) is 0 Å². The monoisotopic (exact) mass is 341 g/mol. The molecule has 2 aliphatic heterocycles. The molecule has 1 saturated heterocycles. The van der Waals surface area contributed by atoms with Gasteiger partial charge in [-0.3, -0.25) is 14.5 Å². The van der Waals surface area contributed by atoms with Gasteiger partial charge in [-0.05, 0) is 61.3 Å². The number of nitrogens with zero attached hydrogens (tertiary/aromatic N) is 1. The molecule has 4 heteroatoms. The molecule has 2 atom stereocenters. The molecule has 25 heavy (non-hydrogen) atoms. The van der Waals surface area contributed by atoms with Crippen molar-refractivity contribution in [2.45, 2.75) is 63.5 Å². The largest absolute Gasteiger partial charge is 0.459 e. The summed E-state index contributed by atoms with van der Waals surface area (Å²) in [4.78, 5) is 25.5. The van der Waals surface area contributed by atoms with E-state index in [1.807, 2.05) is 6.07 Å². The molecule has 2 heterocycles. The topological polar surface area (TPSA) is 46.6 Å². The van der Waals surface area contributed by atoms with Gasteiger partial charge >= 0.3 is 0 Å². The van der Waals surface area contributed by atoms with Crippen molar-refractivity contribution in [2.75, 3.05) is 13.7 Å². The van der Waals surface area contributed by atoms with Gasteiger partial charge in [-0.2, -0.15) is 0 Å². The van der Waals surface area contributed by atoms with E-state index < -0.39 is 0 Å². The van der Waals surface area contributed by atoms with E-state index in [9.17, 15) is 9.59 Å². The van der Waals surface area contributed by atoms with Crippen molar-refractivity contribution in [3.63, 3.8) is 0 Å². The third-order valence-corrected chi connectivity index (χ3v) is 6.72. The lowest BCUT2D eigenvalue weighted by molar-refractivity contribution is -0.127. The van der Waals surface area contributed by atoms with Crippen LogP contribution in [0.1, 0.15) is 90.5 Å². The molecule has 0 N–H and O–H groups in total. The predicted molar refractivity (Wildman–Crippen MR) is 95.6 cm³/mol. The fourth-order valence-electron chi connectivity index (χ4n) is 5.38. The number of carbonyl (C=O) groups excluding carboxylic acids is 2. The normalized spacial score (nSPS) is 31.0. The number of hydrogen-bond donors (Lipinski definition) is 0. The van der Waals surface area contributed by atoms with E-state index in [0.29, 0.717) is 24.5 Å². The lowest BCUT2D eigenvalue weighted by Crippen LogP contribution is -2.17. The lowest BCUT2D eigenvalue weighted by Gasteiger charge is -2.30. The van der Waals surface area contributed by atoms with Crippen molar-refractivity contribution in [1.82, 2.24) is 4.90 Å². The van der Waals surface area contributed by atoms with Crippen molar-refractivity contribution < 1.29 is 14.3 Å². The number of rotatable bonds is 5. The van der Waals surface area contributed by atoms with Crippen LogP contribution in [0.25, 0.3) is 0 Å². The van der Waals surface area contributed by atoms with Crippen molar-refractivity contribution in [1.29, 1.82) is 0 Å². The number of fused-ring (bicyclic) bond motifs is 5. The minimum Gasteiger partial charge on any atom is -0.459 e. The SMILES string of the molecule is CC1CCC(c2ccc(C(=O)COC=O)c3c2C2CCC3N2C)CC1. The van der Waals surface area contributed by atoms with Gasteiger partial charge in [0, 0.05) is 17.6 Å². The Labute approximate surface area is 149 Å². The number of hydrogen-bond acceptors (Lipinski definition) is 4. The Morgan fingerprint density at radius 1 is 1.12 bits per heavy atom. The second-order valence-electron chi connectivity index (χ2n) is 8.09. The van der Waals surface area contributed by atoms with E-state index in [2.05, 4.69) is 24.9 Å². The summed E-state index contributed by atoms with van der Waals surface area (Å²) in [5, 5.41) is 0. The van der Waals surface area contributed by atoms with Crippen molar-refractivity contribution in [3.05, 3.63) is 34.4 Å². The van der Waals surface area contributed by atoms with Crippen LogP contribution in [0.5, 0.6) is 0 Å². The highest BCUT2D eigenvalue weighted by Gasteiger charge is 2.45. The second kappa shape index (κ2) is 6.56. The fraction of sp³-hybridized carbons (Fsp3) is 0.619. The van der Waals surface area contributed by atoms with E-state index in [4.69, 9.17) is 4.74 Å². The van der Waals surface area contributed by atoms with Gasteiger partial charge in [0.15, 0.2) is 6.61 Å². The minimum atomic E-state index is -0.155. The average molecular weight is 341 g/mol. The summed E-state index contributed by atoms with van der Waals surface area (Å²) in [6.45, 7) is 2.55. The highest BCUT2D eigenvalue weighted by Crippen LogP contribution is 2.56. The van der Waals surface area contributed by atoms with Crippen LogP contribution in [0.3, 0.4) is 0 Å². The van der Waals surface area contributed by atoms with Crippen LogP contribution in [-0.2, 0) is 9.53 Å². The fourth-order valence-corrected chi connectivity index (χ4v) is 5.38. The molecule has 4 rings (SSSR count). The Bertz CT molecular complexity index is 691. The maximum absolute atomic E-state index is 12.6. The summed E-state index contributed by atoms with van der Waals surface area (Å²) < 4.78 is 4.73. The molecule has 3 aliphatic rings. The van der Waals surface area contributed by atoms with E-state index in [-0.39, 0.29) is 12.4 Å². The van der Waals surface area contributed by atoms with Crippen LogP contribution >= 0.6 is 0 Å². The zero-order chi connectivity index (χ0) is 17.6. The number of ketones is 1. The Kier molecular flexibility index (Phi) is 4.40. The molecule has 0 spiro atoms. The zero-order valence-corrected chi connectivity index (χ0v) is 15.2. The standard InChI is InChI=1S/C21H27NO3/c1-13-3-5-14(6-4-13)15-7-8-16(19(24)11-25-12-23)21-18-10-9-17(20(15)21)22(18)2/h7-8,12-14,17-18H,3-6,9-11H2,1-2H3. The summed E-state index contributed by atoms with van der Waals surface area (Å²) in [5.74, 6) is 1.39. The first-order chi connectivity index (χ1) is 12.1. The van der Waals surface area contributed by atoms with E-state index in [1.54, 1.807) is 0 Å². The van der Waals surface area contributed by atoms with Crippen molar-refractivity contribution >= 4 is 12.3 Å².